The number of nitrogens with zero attached hydrogens (tertiary/aromatic N) is 3. The molecule has 1 aromatic rings. The number of morpholine rings is 1. The van der Waals surface area contributed by atoms with Gasteiger partial charge >= 0.3 is 0 Å². The number of rotatable bonds is 2. The van der Waals surface area contributed by atoms with Gasteiger partial charge in [-0.05, 0) is 19.1 Å². The molecule has 0 saturated carbocycles. The highest BCUT2D eigenvalue weighted by molar-refractivity contribution is 6.13. The molecular weight excluding hydrogens is 242 g/mol. The fourth-order valence-electron chi connectivity index (χ4n) is 2.46. The van der Waals surface area contributed by atoms with E-state index in [1.165, 1.54) is 5.01 Å². The second kappa shape index (κ2) is 5.01. The molecule has 2 aliphatic rings. The van der Waals surface area contributed by atoms with Crippen molar-refractivity contribution < 1.29 is 9.53 Å². The van der Waals surface area contributed by atoms with Crippen molar-refractivity contribution >= 4 is 23.0 Å². The van der Waals surface area contributed by atoms with Gasteiger partial charge in [0, 0.05) is 18.8 Å². The van der Waals surface area contributed by atoms with E-state index >= 15 is 0 Å². The molecule has 2 heterocycles. The number of para-hydroxylation sites is 2. The molecule has 0 radical (unpaired) electrons. The summed E-state index contributed by atoms with van der Waals surface area (Å²) in [4.78, 5) is 14.2. The highest BCUT2D eigenvalue weighted by atomic mass is 16.5. The lowest BCUT2D eigenvalue weighted by atomic mass is 10.2. The van der Waals surface area contributed by atoms with E-state index in [9.17, 15) is 4.79 Å². The summed E-state index contributed by atoms with van der Waals surface area (Å²) in [7, 11) is 0. The van der Waals surface area contributed by atoms with Crippen LogP contribution in [0.2, 0.25) is 0 Å². The van der Waals surface area contributed by atoms with Crippen LogP contribution in [0.4, 0.5) is 11.4 Å². The van der Waals surface area contributed by atoms with E-state index in [-0.39, 0.29) is 5.91 Å². The number of hydrogen-bond donors (Lipinski definition) is 0. The Bertz CT molecular complexity index is 521. The first-order chi connectivity index (χ1) is 9.25. The number of hydrogen-bond acceptors (Lipinski definition) is 4. The fraction of sp³-hybridized carbons (Fsp3) is 0.429. The molecule has 0 aromatic heterocycles. The minimum absolute atomic E-state index is 0.0400. The summed E-state index contributed by atoms with van der Waals surface area (Å²) in [6, 6.07) is 7.92. The first-order valence-electron chi connectivity index (χ1n) is 6.54. The second-order valence-electron chi connectivity index (χ2n) is 4.81. The Labute approximate surface area is 112 Å². The zero-order valence-corrected chi connectivity index (χ0v) is 11.0. The minimum atomic E-state index is 0.0400. The van der Waals surface area contributed by atoms with Crippen LogP contribution >= 0.6 is 0 Å². The molecule has 1 saturated heterocycles. The first-order valence-corrected chi connectivity index (χ1v) is 6.54. The van der Waals surface area contributed by atoms with E-state index < -0.39 is 0 Å². The average molecular weight is 259 g/mol. The molecule has 100 valence electrons. The third kappa shape index (κ3) is 2.33. The SMILES string of the molecule is CC1=NN(c2ccccc2N2CCOCC2)C(=O)C1. The normalized spacial score (nSPS) is 19.8. The van der Waals surface area contributed by atoms with Crippen molar-refractivity contribution in [3.05, 3.63) is 24.3 Å². The topological polar surface area (TPSA) is 45.1 Å². The van der Waals surface area contributed by atoms with Crippen molar-refractivity contribution in [2.24, 2.45) is 5.10 Å². The fourth-order valence-corrected chi connectivity index (χ4v) is 2.46. The summed E-state index contributed by atoms with van der Waals surface area (Å²) in [5.74, 6) is 0.0400. The molecule has 2 aliphatic heterocycles. The number of carbonyl (C=O) groups is 1. The zero-order chi connectivity index (χ0) is 13.2. The predicted octanol–water partition coefficient (Wildman–Crippen LogP) is 1.64. The summed E-state index contributed by atoms with van der Waals surface area (Å²) in [6.07, 6.45) is 0.414. The van der Waals surface area contributed by atoms with Gasteiger partial charge in [-0.1, -0.05) is 12.1 Å². The van der Waals surface area contributed by atoms with E-state index in [1.54, 1.807) is 0 Å². The summed E-state index contributed by atoms with van der Waals surface area (Å²) in [6.45, 7) is 5.04. The summed E-state index contributed by atoms with van der Waals surface area (Å²) >= 11 is 0. The number of amides is 1. The van der Waals surface area contributed by atoms with E-state index in [2.05, 4.69) is 10.0 Å². The van der Waals surface area contributed by atoms with Crippen molar-refractivity contribution in [1.82, 2.24) is 0 Å². The molecule has 1 aromatic carbocycles. The Balaban J connectivity index is 1.95. The third-order valence-electron chi connectivity index (χ3n) is 3.38. The zero-order valence-electron chi connectivity index (χ0n) is 11.0. The lowest BCUT2D eigenvalue weighted by Gasteiger charge is -2.31. The predicted molar refractivity (Wildman–Crippen MR) is 74.7 cm³/mol. The Hall–Kier alpha value is -1.88. The van der Waals surface area contributed by atoms with Gasteiger partial charge in [-0.25, -0.2) is 0 Å². The molecule has 1 amide bonds. The van der Waals surface area contributed by atoms with E-state index in [0.717, 1.165) is 43.4 Å². The van der Waals surface area contributed by atoms with Crippen LogP contribution in [0.25, 0.3) is 0 Å². The van der Waals surface area contributed by atoms with Crippen LogP contribution in [0.1, 0.15) is 13.3 Å². The van der Waals surface area contributed by atoms with Gasteiger partial charge in [0.1, 0.15) is 0 Å². The second-order valence-corrected chi connectivity index (χ2v) is 4.81. The number of ether oxygens (including phenoxy) is 1. The molecule has 1 fully saturated rings. The maximum Gasteiger partial charge on any atom is 0.253 e. The number of carbonyl (C=O) groups excluding carboxylic acids is 1. The molecule has 0 aliphatic carbocycles. The van der Waals surface area contributed by atoms with E-state index in [4.69, 9.17) is 4.74 Å². The summed E-state index contributed by atoms with van der Waals surface area (Å²) in [5, 5.41) is 5.87. The van der Waals surface area contributed by atoms with Crippen molar-refractivity contribution in [3.63, 3.8) is 0 Å². The van der Waals surface area contributed by atoms with Crippen LogP contribution in [0, 0.1) is 0 Å². The minimum Gasteiger partial charge on any atom is -0.378 e. The average Bonchev–Trinajstić information content (AvgIpc) is 2.79. The van der Waals surface area contributed by atoms with Gasteiger partial charge in [0.05, 0.1) is 31.0 Å². The van der Waals surface area contributed by atoms with Gasteiger partial charge in [-0.3, -0.25) is 4.79 Å². The summed E-state index contributed by atoms with van der Waals surface area (Å²) < 4.78 is 5.37. The number of hydrazone groups is 1. The van der Waals surface area contributed by atoms with Crippen LogP contribution in [0.3, 0.4) is 0 Å². The third-order valence-corrected chi connectivity index (χ3v) is 3.38. The van der Waals surface area contributed by atoms with Crippen molar-refractivity contribution in [2.75, 3.05) is 36.2 Å². The largest absolute Gasteiger partial charge is 0.378 e. The molecule has 0 bridgehead atoms. The van der Waals surface area contributed by atoms with Crippen molar-refractivity contribution in [2.45, 2.75) is 13.3 Å². The van der Waals surface area contributed by atoms with Crippen LogP contribution in [0.5, 0.6) is 0 Å². The Kier molecular flexibility index (Phi) is 3.21. The molecule has 3 rings (SSSR count). The highest BCUT2D eigenvalue weighted by Crippen LogP contribution is 2.32. The van der Waals surface area contributed by atoms with Crippen LogP contribution in [0.15, 0.2) is 29.4 Å². The number of benzene rings is 1. The first kappa shape index (κ1) is 12.2. The van der Waals surface area contributed by atoms with Gasteiger partial charge in [-0.2, -0.15) is 10.1 Å². The van der Waals surface area contributed by atoms with Crippen LogP contribution in [-0.2, 0) is 9.53 Å². The lowest BCUT2D eigenvalue weighted by Crippen LogP contribution is -2.37. The van der Waals surface area contributed by atoms with Crippen LogP contribution < -0.4 is 9.91 Å². The van der Waals surface area contributed by atoms with Gasteiger partial charge in [0.25, 0.3) is 5.91 Å². The van der Waals surface area contributed by atoms with E-state index in [0.29, 0.717) is 6.42 Å². The van der Waals surface area contributed by atoms with Gasteiger partial charge in [0.2, 0.25) is 0 Å². The van der Waals surface area contributed by atoms with Gasteiger partial charge < -0.3 is 9.64 Å². The maximum absolute atomic E-state index is 12.0. The highest BCUT2D eigenvalue weighted by Gasteiger charge is 2.26. The van der Waals surface area contributed by atoms with Gasteiger partial charge in [-0.15, -0.1) is 0 Å². The summed E-state index contributed by atoms with van der Waals surface area (Å²) in [5.41, 5.74) is 2.78. The Morgan fingerprint density at radius 2 is 1.84 bits per heavy atom. The molecule has 0 atom stereocenters. The molecule has 19 heavy (non-hydrogen) atoms. The molecule has 5 heteroatoms. The van der Waals surface area contributed by atoms with Crippen molar-refractivity contribution in [3.8, 4) is 0 Å². The molecule has 0 N–H and O–H groups in total. The monoisotopic (exact) mass is 259 g/mol. The quantitative estimate of drug-likeness (QED) is 0.811. The Morgan fingerprint density at radius 3 is 2.47 bits per heavy atom. The maximum atomic E-state index is 12.0. The van der Waals surface area contributed by atoms with E-state index in [1.807, 2.05) is 31.2 Å². The lowest BCUT2D eigenvalue weighted by molar-refractivity contribution is -0.116. The molecule has 0 spiro atoms. The smallest absolute Gasteiger partial charge is 0.253 e. The van der Waals surface area contributed by atoms with Gasteiger partial charge in [0.15, 0.2) is 0 Å². The van der Waals surface area contributed by atoms with Crippen LogP contribution in [-0.4, -0.2) is 37.9 Å². The number of anilines is 2. The standard InChI is InChI=1S/C14H17N3O2/c1-11-10-14(18)17(15-11)13-5-3-2-4-12(13)16-6-8-19-9-7-16/h2-5H,6-10H2,1H3. The van der Waals surface area contributed by atoms with Crippen molar-refractivity contribution in [1.29, 1.82) is 0 Å². The molecule has 5 nitrogen and oxygen atoms in total. The Morgan fingerprint density at radius 1 is 1.16 bits per heavy atom. The molecule has 0 unspecified atom stereocenters. The molecular formula is C14H17N3O2.